The zero-order chi connectivity index (χ0) is 10.9. The van der Waals surface area contributed by atoms with E-state index in [1.807, 2.05) is 18.7 Å². The summed E-state index contributed by atoms with van der Waals surface area (Å²) >= 11 is 0. The smallest absolute Gasteiger partial charge is 0.225 e. The summed E-state index contributed by atoms with van der Waals surface area (Å²) in [7, 11) is 0. The molecule has 0 bridgehead atoms. The zero-order valence-electron chi connectivity index (χ0n) is 9.58. The van der Waals surface area contributed by atoms with E-state index < -0.39 is 5.60 Å². The van der Waals surface area contributed by atoms with E-state index in [4.69, 9.17) is 0 Å². The molecule has 1 N–H and O–H groups in total. The molecule has 14 heavy (non-hydrogen) atoms. The molecule has 3 heteroatoms. The fourth-order valence-corrected chi connectivity index (χ4v) is 2.10. The quantitative estimate of drug-likeness (QED) is 0.730. The molecule has 1 amide bonds. The van der Waals surface area contributed by atoms with Crippen molar-refractivity contribution in [1.82, 2.24) is 4.90 Å². The molecule has 0 aromatic heterocycles. The average Bonchev–Trinajstić information content (AvgIpc) is 2.48. The van der Waals surface area contributed by atoms with Crippen molar-refractivity contribution in [2.75, 3.05) is 6.54 Å². The van der Waals surface area contributed by atoms with Gasteiger partial charge in [0.1, 0.15) is 0 Å². The third-order valence-electron chi connectivity index (χ3n) is 2.85. The number of rotatable bonds is 2. The largest absolute Gasteiger partial charge is 0.388 e. The Kier molecular flexibility index (Phi) is 3.20. The van der Waals surface area contributed by atoms with Gasteiger partial charge in [0.2, 0.25) is 5.91 Å². The van der Waals surface area contributed by atoms with E-state index in [0.717, 1.165) is 19.4 Å². The van der Waals surface area contributed by atoms with Crippen LogP contribution in [0.15, 0.2) is 0 Å². The van der Waals surface area contributed by atoms with Gasteiger partial charge in [0.15, 0.2) is 0 Å². The van der Waals surface area contributed by atoms with E-state index in [0.29, 0.717) is 0 Å². The monoisotopic (exact) mass is 199 g/mol. The van der Waals surface area contributed by atoms with Crippen LogP contribution >= 0.6 is 0 Å². The van der Waals surface area contributed by atoms with Gasteiger partial charge in [-0.15, -0.1) is 0 Å². The van der Waals surface area contributed by atoms with Crippen molar-refractivity contribution in [3.05, 3.63) is 0 Å². The summed E-state index contributed by atoms with van der Waals surface area (Å²) in [6, 6.07) is -0.00241. The molecule has 0 unspecified atom stereocenters. The van der Waals surface area contributed by atoms with Gasteiger partial charge >= 0.3 is 0 Å². The first-order chi connectivity index (χ1) is 6.34. The van der Waals surface area contributed by atoms with Crippen LogP contribution in [0.25, 0.3) is 0 Å². The predicted octanol–water partition coefficient (Wildman–Crippen LogP) is 1.40. The van der Waals surface area contributed by atoms with E-state index >= 15 is 0 Å². The van der Waals surface area contributed by atoms with Crippen LogP contribution in [0.3, 0.4) is 0 Å². The van der Waals surface area contributed by atoms with E-state index in [1.165, 1.54) is 0 Å². The first-order valence-electron chi connectivity index (χ1n) is 5.37. The number of hydrogen-bond donors (Lipinski definition) is 1. The SMILES string of the molecule is CC(C)C(=O)N1CCC[C@@H]1C(C)(C)O. The molecule has 1 atom stereocenters. The number of carbonyl (C=O) groups is 1. The van der Waals surface area contributed by atoms with Crippen molar-refractivity contribution in [2.45, 2.75) is 52.2 Å². The molecule has 0 spiro atoms. The van der Waals surface area contributed by atoms with Crippen molar-refractivity contribution >= 4 is 5.91 Å². The van der Waals surface area contributed by atoms with Crippen LogP contribution in [0, 0.1) is 5.92 Å². The lowest BCUT2D eigenvalue weighted by atomic mass is 9.96. The van der Waals surface area contributed by atoms with E-state index in [2.05, 4.69) is 0 Å². The highest BCUT2D eigenvalue weighted by molar-refractivity contribution is 5.78. The molecular formula is C11H21NO2. The number of likely N-dealkylation sites (tertiary alicyclic amines) is 1. The third kappa shape index (κ3) is 2.27. The minimum Gasteiger partial charge on any atom is -0.388 e. The minimum atomic E-state index is -0.777. The van der Waals surface area contributed by atoms with Crippen LogP contribution in [0.4, 0.5) is 0 Å². The van der Waals surface area contributed by atoms with Gasteiger partial charge in [-0.1, -0.05) is 13.8 Å². The van der Waals surface area contributed by atoms with Gasteiger partial charge in [0.25, 0.3) is 0 Å². The maximum atomic E-state index is 11.8. The van der Waals surface area contributed by atoms with Crippen LogP contribution in [-0.2, 0) is 4.79 Å². The molecule has 82 valence electrons. The lowest BCUT2D eigenvalue weighted by molar-refractivity contribution is -0.139. The minimum absolute atomic E-state index is 0.00241. The summed E-state index contributed by atoms with van der Waals surface area (Å²) < 4.78 is 0. The van der Waals surface area contributed by atoms with E-state index in [-0.39, 0.29) is 17.9 Å². The van der Waals surface area contributed by atoms with Crippen molar-refractivity contribution in [2.24, 2.45) is 5.92 Å². The van der Waals surface area contributed by atoms with Crippen molar-refractivity contribution in [3.8, 4) is 0 Å². The molecule has 1 heterocycles. The number of hydrogen-bond acceptors (Lipinski definition) is 2. The molecule has 1 rings (SSSR count). The van der Waals surface area contributed by atoms with Crippen LogP contribution in [0.2, 0.25) is 0 Å². The van der Waals surface area contributed by atoms with Crippen LogP contribution in [0.5, 0.6) is 0 Å². The zero-order valence-corrected chi connectivity index (χ0v) is 9.58. The summed E-state index contributed by atoms with van der Waals surface area (Å²) in [6.45, 7) is 8.17. The second-order valence-electron chi connectivity index (χ2n) is 5.00. The first-order valence-corrected chi connectivity index (χ1v) is 5.37. The van der Waals surface area contributed by atoms with Crippen molar-refractivity contribution in [3.63, 3.8) is 0 Å². The molecule has 0 saturated carbocycles. The van der Waals surface area contributed by atoms with Gasteiger partial charge in [-0.05, 0) is 26.7 Å². The normalized spacial score (nSPS) is 23.3. The lowest BCUT2D eigenvalue weighted by Crippen LogP contribution is -2.49. The Bertz CT molecular complexity index is 218. The van der Waals surface area contributed by atoms with Gasteiger partial charge < -0.3 is 10.0 Å². The number of aliphatic hydroxyl groups is 1. The third-order valence-corrected chi connectivity index (χ3v) is 2.85. The second kappa shape index (κ2) is 3.89. The maximum Gasteiger partial charge on any atom is 0.225 e. The summed E-state index contributed by atoms with van der Waals surface area (Å²) in [4.78, 5) is 13.7. The molecule has 0 aromatic rings. The van der Waals surface area contributed by atoms with Crippen molar-refractivity contribution < 1.29 is 9.90 Å². The summed E-state index contributed by atoms with van der Waals surface area (Å²) in [6.07, 6.45) is 1.93. The topological polar surface area (TPSA) is 40.5 Å². The van der Waals surface area contributed by atoms with Gasteiger partial charge in [0, 0.05) is 12.5 Å². The Hall–Kier alpha value is -0.570. The lowest BCUT2D eigenvalue weighted by Gasteiger charge is -2.34. The van der Waals surface area contributed by atoms with Crippen LogP contribution in [-0.4, -0.2) is 34.1 Å². The highest BCUT2D eigenvalue weighted by atomic mass is 16.3. The van der Waals surface area contributed by atoms with E-state index in [1.54, 1.807) is 13.8 Å². The second-order valence-corrected chi connectivity index (χ2v) is 5.00. The summed E-state index contributed by atoms with van der Waals surface area (Å²) in [5, 5.41) is 9.92. The number of amides is 1. The van der Waals surface area contributed by atoms with Gasteiger partial charge in [-0.25, -0.2) is 0 Å². The molecule has 0 radical (unpaired) electrons. The molecule has 1 aliphatic rings. The highest BCUT2D eigenvalue weighted by Gasteiger charge is 2.38. The maximum absolute atomic E-state index is 11.8. The Morgan fingerprint density at radius 1 is 1.50 bits per heavy atom. The molecule has 1 saturated heterocycles. The standard InChI is InChI=1S/C11H21NO2/c1-8(2)10(13)12-7-5-6-9(12)11(3,4)14/h8-9,14H,5-7H2,1-4H3/t9-/m1/s1. The molecular weight excluding hydrogens is 178 g/mol. The van der Waals surface area contributed by atoms with Gasteiger partial charge in [0.05, 0.1) is 11.6 Å². The van der Waals surface area contributed by atoms with Crippen molar-refractivity contribution in [1.29, 1.82) is 0 Å². The predicted molar refractivity (Wildman–Crippen MR) is 55.9 cm³/mol. The first kappa shape index (κ1) is 11.5. The fourth-order valence-electron chi connectivity index (χ4n) is 2.10. The van der Waals surface area contributed by atoms with Gasteiger partial charge in [-0.3, -0.25) is 4.79 Å². The Morgan fingerprint density at radius 2 is 2.07 bits per heavy atom. The molecule has 0 aliphatic carbocycles. The number of nitrogens with zero attached hydrogens (tertiary/aromatic N) is 1. The Morgan fingerprint density at radius 3 is 2.50 bits per heavy atom. The van der Waals surface area contributed by atoms with Gasteiger partial charge in [-0.2, -0.15) is 0 Å². The molecule has 0 aromatic carbocycles. The average molecular weight is 199 g/mol. The van der Waals surface area contributed by atoms with Crippen LogP contribution in [0.1, 0.15) is 40.5 Å². The summed E-state index contributed by atoms with van der Waals surface area (Å²) in [5.41, 5.74) is -0.777. The molecule has 1 fully saturated rings. The van der Waals surface area contributed by atoms with Crippen LogP contribution < -0.4 is 0 Å². The Balaban J connectivity index is 2.74. The summed E-state index contributed by atoms with van der Waals surface area (Å²) in [5.74, 6) is 0.188. The molecule has 3 nitrogen and oxygen atoms in total. The highest BCUT2D eigenvalue weighted by Crippen LogP contribution is 2.27. The number of carbonyl (C=O) groups excluding carboxylic acids is 1. The van der Waals surface area contributed by atoms with E-state index in [9.17, 15) is 9.90 Å². The molecule has 1 aliphatic heterocycles. The fraction of sp³-hybridized carbons (Fsp3) is 0.909. The Labute approximate surface area is 86.1 Å².